The van der Waals surface area contributed by atoms with Crippen LogP contribution in [0, 0.1) is 18.3 Å². The Labute approximate surface area is 199 Å². The zero-order valence-electron chi connectivity index (χ0n) is 20.5. The SMILES string of the molecule is CCc1cc2cc(-c3c(C)nc(NCC(C)(C)C)nc3N[C@@H]3C[C@H](CO)[C@@H](O)[C@H]3O)oc2cn1. The van der Waals surface area contributed by atoms with Gasteiger partial charge in [-0.15, -0.1) is 0 Å². The monoisotopic (exact) mass is 469 g/mol. The highest BCUT2D eigenvalue weighted by Gasteiger charge is 2.41. The van der Waals surface area contributed by atoms with Gasteiger partial charge in [0.2, 0.25) is 5.95 Å². The van der Waals surface area contributed by atoms with Gasteiger partial charge in [-0.1, -0.05) is 27.7 Å². The highest BCUT2D eigenvalue weighted by Crippen LogP contribution is 2.37. The summed E-state index contributed by atoms with van der Waals surface area (Å²) in [5.74, 6) is 1.17. The number of furan rings is 1. The average Bonchev–Trinajstić information content (AvgIpc) is 3.32. The molecule has 4 rings (SSSR count). The Morgan fingerprint density at radius 1 is 1.15 bits per heavy atom. The molecule has 34 heavy (non-hydrogen) atoms. The van der Waals surface area contributed by atoms with Crippen LogP contribution in [0.25, 0.3) is 22.3 Å². The van der Waals surface area contributed by atoms with E-state index in [4.69, 9.17) is 9.40 Å². The molecule has 0 amide bonds. The summed E-state index contributed by atoms with van der Waals surface area (Å²) in [6, 6.07) is 3.48. The second kappa shape index (κ2) is 9.48. The van der Waals surface area contributed by atoms with Crippen molar-refractivity contribution < 1.29 is 19.7 Å². The first-order valence-corrected chi connectivity index (χ1v) is 11.8. The largest absolute Gasteiger partial charge is 0.454 e. The van der Waals surface area contributed by atoms with Gasteiger partial charge in [-0.3, -0.25) is 4.98 Å². The summed E-state index contributed by atoms with van der Waals surface area (Å²) >= 11 is 0. The van der Waals surface area contributed by atoms with E-state index in [2.05, 4.69) is 48.3 Å². The standard InChI is InChI=1S/C25H35N5O4/c1-6-16-7-14-9-18(34-19(14)10-26-16)20-13(2)28-24(27-12-25(3,4)5)30-23(20)29-17-8-15(11-31)21(32)22(17)33/h7,9-10,15,17,21-22,31-33H,6,8,11-12H2,1-5H3,(H2,27,28,29,30)/t15-,17-,21-,22+/m1/s1. The summed E-state index contributed by atoms with van der Waals surface area (Å²) in [6.07, 6.45) is 0.933. The third-order valence-corrected chi connectivity index (χ3v) is 6.29. The van der Waals surface area contributed by atoms with Crippen LogP contribution < -0.4 is 10.6 Å². The van der Waals surface area contributed by atoms with Crippen molar-refractivity contribution in [3.8, 4) is 11.3 Å². The lowest BCUT2D eigenvalue weighted by Gasteiger charge is -2.22. The highest BCUT2D eigenvalue weighted by atomic mass is 16.3. The number of anilines is 2. The molecule has 9 heteroatoms. The van der Waals surface area contributed by atoms with Crippen LogP contribution in [0.1, 0.15) is 45.5 Å². The van der Waals surface area contributed by atoms with Gasteiger partial charge >= 0.3 is 0 Å². The molecule has 1 aliphatic carbocycles. The van der Waals surface area contributed by atoms with Gasteiger partial charge in [0.1, 0.15) is 17.7 Å². The van der Waals surface area contributed by atoms with Gasteiger partial charge in [0, 0.05) is 30.1 Å². The van der Waals surface area contributed by atoms with Crippen LogP contribution in [0.2, 0.25) is 0 Å². The minimum absolute atomic E-state index is 0.0341. The van der Waals surface area contributed by atoms with Gasteiger partial charge in [-0.25, -0.2) is 4.98 Å². The fraction of sp³-hybridized carbons (Fsp3) is 0.560. The van der Waals surface area contributed by atoms with Crippen molar-refractivity contribution in [3.05, 3.63) is 29.7 Å². The molecule has 1 aliphatic rings. The first-order valence-electron chi connectivity index (χ1n) is 11.8. The Hall–Kier alpha value is -2.75. The van der Waals surface area contributed by atoms with Crippen molar-refractivity contribution >= 4 is 22.7 Å². The summed E-state index contributed by atoms with van der Waals surface area (Å²) in [4.78, 5) is 13.8. The number of hydrogen-bond donors (Lipinski definition) is 5. The average molecular weight is 470 g/mol. The first kappa shape index (κ1) is 24.4. The van der Waals surface area contributed by atoms with Gasteiger partial charge < -0.3 is 30.4 Å². The predicted molar refractivity (Wildman–Crippen MR) is 132 cm³/mol. The van der Waals surface area contributed by atoms with Gasteiger partial charge in [-0.2, -0.15) is 4.98 Å². The molecular weight excluding hydrogens is 434 g/mol. The number of aromatic nitrogens is 3. The number of nitrogens with one attached hydrogen (secondary N) is 2. The number of aliphatic hydroxyl groups is 3. The van der Waals surface area contributed by atoms with Crippen molar-refractivity contribution in [1.82, 2.24) is 15.0 Å². The van der Waals surface area contributed by atoms with Crippen molar-refractivity contribution in [2.45, 2.75) is 65.7 Å². The molecule has 3 heterocycles. The molecule has 0 unspecified atom stereocenters. The molecule has 0 aromatic carbocycles. The lowest BCUT2D eigenvalue weighted by molar-refractivity contribution is 0.00446. The Morgan fingerprint density at radius 3 is 2.56 bits per heavy atom. The Kier molecular flexibility index (Phi) is 6.80. The molecule has 0 spiro atoms. The molecule has 5 N–H and O–H groups in total. The van der Waals surface area contributed by atoms with Crippen LogP contribution in [0.4, 0.5) is 11.8 Å². The van der Waals surface area contributed by atoms with Crippen molar-refractivity contribution in [2.75, 3.05) is 23.8 Å². The van der Waals surface area contributed by atoms with E-state index in [9.17, 15) is 15.3 Å². The number of fused-ring (bicyclic) bond motifs is 1. The normalized spacial score (nSPS) is 22.9. The second-order valence-electron chi connectivity index (χ2n) is 10.4. The first-order chi connectivity index (χ1) is 16.1. The van der Waals surface area contributed by atoms with Crippen molar-refractivity contribution in [3.63, 3.8) is 0 Å². The molecule has 0 aliphatic heterocycles. The minimum Gasteiger partial charge on any atom is -0.454 e. The van der Waals surface area contributed by atoms with E-state index < -0.39 is 24.2 Å². The smallest absolute Gasteiger partial charge is 0.224 e. The molecule has 3 aromatic rings. The fourth-order valence-corrected chi connectivity index (χ4v) is 4.33. The number of nitrogens with zero attached hydrogens (tertiary/aromatic N) is 3. The molecule has 0 saturated heterocycles. The summed E-state index contributed by atoms with van der Waals surface area (Å²) in [7, 11) is 0. The minimum atomic E-state index is -1.03. The molecule has 1 saturated carbocycles. The zero-order chi connectivity index (χ0) is 24.6. The van der Waals surface area contributed by atoms with E-state index in [1.165, 1.54) is 0 Å². The van der Waals surface area contributed by atoms with E-state index in [-0.39, 0.29) is 12.0 Å². The Balaban J connectivity index is 1.75. The van der Waals surface area contributed by atoms with Crippen molar-refractivity contribution in [2.24, 2.45) is 11.3 Å². The number of pyridine rings is 1. The molecule has 3 aromatic heterocycles. The molecule has 9 nitrogen and oxygen atoms in total. The second-order valence-corrected chi connectivity index (χ2v) is 10.4. The van der Waals surface area contributed by atoms with Gasteiger partial charge in [0.25, 0.3) is 0 Å². The molecule has 4 atom stereocenters. The Morgan fingerprint density at radius 2 is 1.91 bits per heavy atom. The lowest BCUT2D eigenvalue weighted by atomic mass is 9.97. The van der Waals surface area contributed by atoms with Crippen LogP contribution in [-0.2, 0) is 6.42 Å². The van der Waals surface area contributed by atoms with Crippen LogP contribution in [0.5, 0.6) is 0 Å². The Bertz CT molecular complexity index is 1160. The van der Waals surface area contributed by atoms with Gasteiger partial charge in [-0.05, 0) is 37.3 Å². The number of aliphatic hydroxyl groups excluding tert-OH is 3. The lowest BCUT2D eigenvalue weighted by Crippen LogP contribution is -2.35. The van der Waals surface area contributed by atoms with E-state index in [0.717, 1.165) is 17.5 Å². The fourth-order valence-electron chi connectivity index (χ4n) is 4.33. The maximum atomic E-state index is 10.6. The molecule has 0 radical (unpaired) electrons. The predicted octanol–water partition coefficient (Wildman–Crippen LogP) is 3.13. The van der Waals surface area contributed by atoms with E-state index in [0.29, 0.717) is 47.3 Å². The highest BCUT2D eigenvalue weighted by molar-refractivity contribution is 5.86. The molecule has 0 bridgehead atoms. The van der Waals surface area contributed by atoms with Crippen LogP contribution >= 0.6 is 0 Å². The third-order valence-electron chi connectivity index (χ3n) is 6.29. The number of hydrogen-bond acceptors (Lipinski definition) is 9. The van der Waals surface area contributed by atoms with Gasteiger partial charge in [0.05, 0.1) is 29.6 Å². The molecular formula is C25H35N5O4. The van der Waals surface area contributed by atoms with E-state index in [1.54, 1.807) is 6.20 Å². The quantitative estimate of drug-likeness (QED) is 0.353. The van der Waals surface area contributed by atoms with Crippen LogP contribution in [0.15, 0.2) is 22.7 Å². The van der Waals surface area contributed by atoms with Crippen LogP contribution in [0.3, 0.4) is 0 Å². The van der Waals surface area contributed by atoms with Crippen LogP contribution in [-0.4, -0.2) is 61.7 Å². The summed E-state index contributed by atoms with van der Waals surface area (Å²) in [6.45, 7) is 10.8. The maximum absolute atomic E-state index is 10.6. The summed E-state index contributed by atoms with van der Waals surface area (Å²) in [5, 5.41) is 38.0. The maximum Gasteiger partial charge on any atom is 0.224 e. The van der Waals surface area contributed by atoms with Crippen molar-refractivity contribution in [1.29, 1.82) is 0 Å². The van der Waals surface area contributed by atoms with E-state index in [1.807, 2.05) is 19.1 Å². The topological polar surface area (TPSA) is 137 Å². The zero-order valence-corrected chi connectivity index (χ0v) is 20.5. The molecule has 184 valence electrons. The number of aryl methyl sites for hydroxylation is 2. The van der Waals surface area contributed by atoms with Gasteiger partial charge in [0.15, 0.2) is 5.58 Å². The third kappa shape index (κ3) is 5.01. The molecule has 1 fully saturated rings. The number of rotatable bonds is 7. The summed E-state index contributed by atoms with van der Waals surface area (Å²) in [5.41, 5.74) is 3.08. The van der Waals surface area contributed by atoms with E-state index >= 15 is 0 Å². The summed E-state index contributed by atoms with van der Waals surface area (Å²) < 4.78 is 6.13.